The van der Waals surface area contributed by atoms with Crippen molar-refractivity contribution in [3.05, 3.63) is 28.2 Å². The van der Waals surface area contributed by atoms with Gasteiger partial charge >= 0.3 is 0 Å². The largest absolute Gasteiger partial charge is 0.371 e. The minimum absolute atomic E-state index is 0.584. The van der Waals surface area contributed by atoms with Gasteiger partial charge in [-0.2, -0.15) is 0 Å². The molecule has 1 fully saturated rings. The van der Waals surface area contributed by atoms with Crippen LogP contribution in [0.5, 0.6) is 0 Å². The summed E-state index contributed by atoms with van der Waals surface area (Å²) in [6.45, 7) is 2.31. The second-order valence-electron chi connectivity index (χ2n) is 4.77. The number of piperidine rings is 1. The summed E-state index contributed by atoms with van der Waals surface area (Å²) in [6, 6.07) is 6.31. The zero-order valence-electron chi connectivity index (χ0n) is 10.3. The first-order valence-corrected chi connectivity index (χ1v) is 6.69. The lowest BCUT2D eigenvalue weighted by Gasteiger charge is -2.36. The van der Waals surface area contributed by atoms with Crippen LogP contribution in [0.4, 0.5) is 5.69 Å². The molecule has 0 atom stereocenters. The van der Waals surface area contributed by atoms with Gasteiger partial charge in [-0.3, -0.25) is 0 Å². The molecule has 1 aliphatic rings. The van der Waals surface area contributed by atoms with Crippen LogP contribution in [-0.4, -0.2) is 38.1 Å². The van der Waals surface area contributed by atoms with E-state index in [0.29, 0.717) is 16.1 Å². The predicted molar refractivity (Wildman–Crippen MR) is 75.4 cm³/mol. The van der Waals surface area contributed by atoms with Crippen molar-refractivity contribution in [1.82, 2.24) is 4.90 Å². The highest BCUT2D eigenvalue weighted by molar-refractivity contribution is 6.35. The Labute approximate surface area is 113 Å². The predicted octanol–water partition coefficient (Wildman–Crippen LogP) is 3.52. The first-order chi connectivity index (χ1) is 8.06. The maximum atomic E-state index is 6.04. The van der Waals surface area contributed by atoms with Gasteiger partial charge in [-0.1, -0.05) is 23.2 Å². The fourth-order valence-electron chi connectivity index (χ4n) is 2.34. The van der Waals surface area contributed by atoms with E-state index in [1.54, 1.807) is 6.07 Å². The summed E-state index contributed by atoms with van der Waals surface area (Å²) in [7, 11) is 4.30. The minimum atomic E-state index is 0.584. The Kier molecular flexibility index (Phi) is 4.18. The lowest BCUT2D eigenvalue weighted by atomic mass is 10.0. The monoisotopic (exact) mass is 272 g/mol. The van der Waals surface area contributed by atoms with Gasteiger partial charge in [0.1, 0.15) is 0 Å². The Morgan fingerprint density at radius 2 is 1.65 bits per heavy atom. The lowest BCUT2D eigenvalue weighted by molar-refractivity contribution is 0.253. The molecule has 94 valence electrons. The van der Waals surface area contributed by atoms with E-state index < -0.39 is 0 Å². The van der Waals surface area contributed by atoms with Gasteiger partial charge < -0.3 is 9.80 Å². The van der Waals surface area contributed by atoms with Gasteiger partial charge in [-0.25, -0.2) is 0 Å². The van der Waals surface area contributed by atoms with Crippen molar-refractivity contribution >= 4 is 28.9 Å². The van der Waals surface area contributed by atoms with Gasteiger partial charge in [-0.15, -0.1) is 0 Å². The van der Waals surface area contributed by atoms with Crippen LogP contribution in [0.15, 0.2) is 18.2 Å². The highest BCUT2D eigenvalue weighted by atomic mass is 35.5. The third-order valence-corrected chi connectivity index (χ3v) is 3.93. The molecule has 0 amide bonds. The molecule has 4 heteroatoms. The smallest absolute Gasteiger partial charge is 0.0441 e. The molecular weight excluding hydrogens is 255 g/mol. The molecule has 0 saturated carbocycles. The summed E-state index contributed by atoms with van der Waals surface area (Å²) in [4.78, 5) is 4.67. The average molecular weight is 273 g/mol. The van der Waals surface area contributed by atoms with Crippen LogP contribution in [-0.2, 0) is 0 Å². The molecule has 1 saturated heterocycles. The van der Waals surface area contributed by atoms with Crippen LogP contribution in [0.3, 0.4) is 0 Å². The van der Waals surface area contributed by atoms with Gasteiger partial charge in [0.25, 0.3) is 0 Å². The quantitative estimate of drug-likeness (QED) is 0.813. The number of rotatable bonds is 2. The summed E-state index contributed by atoms with van der Waals surface area (Å²) in [5.41, 5.74) is 1.11. The lowest BCUT2D eigenvalue weighted by Crippen LogP contribution is -2.41. The van der Waals surface area contributed by atoms with E-state index in [1.165, 1.54) is 12.8 Å². The number of hydrogen-bond donors (Lipinski definition) is 0. The van der Waals surface area contributed by atoms with Gasteiger partial charge in [0.15, 0.2) is 0 Å². The molecule has 2 rings (SSSR count). The van der Waals surface area contributed by atoms with Crippen LogP contribution in [0, 0.1) is 0 Å². The Morgan fingerprint density at radius 1 is 1.12 bits per heavy atom. The fourth-order valence-corrected chi connectivity index (χ4v) is 2.85. The molecule has 2 nitrogen and oxygen atoms in total. The third-order valence-electron chi connectivity index (χ3n) is 3.49. The second kappa shape index (κ2) is 5.47. The number of benzene rings is 1. The highest BCUT2D eigenvalue weighted by Gasteiger charge is 2.21. The van der Waals surface area contributed by atoms with Gasteiger partial charge in [0.05, 0.1) is 0 Å². The van der Waals surface area contributed by atoms with E-state index in [4.69, 9.17) is 23.2 Å². The molecule has 17 heavy (non-hydrogen) atoms. The average Bonchev–Trinajstić information content (AvgIpc) is 2.28. The zero-order chi connectivity index (χ0) is 12.4. The second-order valence-corrected chi connectivity index (χ2v) is 5.65. The summed E-state index contributed by atoms with van der Waals surface area (Å²) in [5, 5.41) is 1.40. The molecule has 1 aliphatic heterocycles. The zero-order valence-corrected chi connectivity index (χ0v) is 11.8. The molecule has 0 radical (unpaired) electrons. The van der Waals surface area contributed by atoms with E-state index >= 15 is 0 Å². The molecule has 0 aliphatic carbocycles. The van der Waals surface area contributed by atoms with Gasteiger partial charge in [0, 0.05) is 28.8 Å². The SMILES string of the molecule is CN1CCC(N(C)c2cc(Cl)cc(Cl)c2)CC1. The normalized spacial score (nSPS) is 18.4. The molecule has 1 heterocycles. The van der Waals surface area contributed by atoms with Gasteiger partial charge in [0.2, 0.25) is 0 Å². The summed E-state index contributed by atoms with van der Waals surface area (Å²) >= 11 is 12.1. The Balaban J connectivity index is 2.10. The molecule has 0 aromatic heterocycles. The van der Waals surface area contributed by atoms with Crippen LogP contribution in [0.1, 0.15) is 12.8 Å². The number of halogens is 2. The third kappa shape index (κ3) is 3.27. The summed E-state index contributed by atoms with van der Waals surface area (Å²) < 4.78 is 0. The topological polar surface area (TPSA) is 6.48 Å². The molecular formula is C13H18Cl2N2. The number of anilines is 1. The Bertz CT molecular complexity index is 367. The van der Waals surface area contributed by atoms with Crippen LogP contribution in [0.25, 0.3) is 0 Å². The van der Waals surface area contributed by atoms with Crippen molar-refractivity contribution in [2.45, 2.75) is 18.9 Å². The van der Waals surface area contributed by atoms with E-state index in [-0.39, 0.29) is 0 Å². The van der Waals surface area contributed by atoms with Crippen molar-refractivity contribution in [1.29, 1.82) is 0 Å². The van der Waals surface area contributed by atoms with Crippen molar-refractivity contribution in [2.24, 2.45) is 0 Å². The van der Waals surface area contributed by atoms with E-state index in [1.807, 2.05) is 12.1 Å². The molecule has 1 aromatic rings. The molecule has 1 aromatic carbocycles. The maximum absolute atomic E-state index is 6.04. The van der Waals surface area contributed by atoms with Crippen LogP contribution < -0.4 is 4.90 Å². The van der Waals surface area contributed by atoms with E-state index in [0.717, 1.165) is 18.8 Å². The van der Waals surface area contributed by atoms with Crippen molar-refractivity contribution in [2.75, 3.05) is 32.1 Å². The molecule has 0 bridgehead atoms. The molecule has 0 spiro atoms. The summed E-state index contributed by atoms with van der Waals surface area (Å²) in [6.07, 6.45) is 2.38. The molecule has 0 unspecified atom stereocenters. The standard InChI is InChI=1S/C13H18Cl2N2/c1-16-5-3-12(4-6-16)17(2)13-8-10(14)7-11(15)9-13/h7-9,12H,3-6H2,1-2H3. The van der Waals surface area contributed by atoms with Crippen molar-refractivity contribution in [3.63, 3.8) is 0 Å². The summed E-state index contributed by atoms with van der Waals surface area (Å²) in [5.74, 6) is 0. The fraction of sp³-hybridized carbons (Fsp3) is 0.538. The van der Waals surface area contributed by atoms with Crippen LogP contribution in [0.2, 0.25) is 10.0 Å². The number of nitrogens with zero attached hydrogens (tertiary/aromatic N) is 2. The minimum Gasteiger partial charge on any atom is -0.371 e. The van der Waals surface area contributed by atoms with Crippen molar-refractivity contribution < 1.29 is 0 Å². The number of hydrogen-bond acceptors (Lipinski definition) is 2. The van der Waals surface area contributed by atoms with E-state index in [9.17, 15) is 0 Å². The van der Waals surface area contributed by atoms with Crippen molar-refractivity contribution in [3.8, 4) is 0 Å². The van der Waals surface area contributed by atoms with Crippen LogP contribution >= 0.6 is 23.2 Å². The Morgan fingerprint density at radius 3 is 2.18 bits per heavy atom. The maximum Gasteiger partial charge on any atom is 0.0441 e. The first-order valence-electron chi connectivity index (χ1n) is 5.94. The highest BCUT2D eigenvalue weighted by Crippen LogP contribution is 2.28. The Hall–Kier alpha value is -0.440. The first kappa shape index (κ1) is 13.0. The van der Waals surface area contributed by atoms with E-state index in [2.05, 4.69) is 23.9 Å². The van der Waals surface area contributed by atoms with Gasteiger partial charge in [-0.05, 0) is 51.2 Å². The molecule has 0 N–H and O–H groups in total. The number of likely N-dealkylation sites (tertiary alicyclic amines) is 1.